The van der Waals surface area contributed by atoms with Crippen LogP contribution < -0.4 is 10.6 Å². The third kappa shape index (κ3) is 8.76. The Morgan fingerprint density at radius 3 is 2.00 bits per heavy atom. The molecule has 1 rings (SSSR count). The Bertz CT molecular complexity index is 578. The van der Waals surface area contributed by atoms with E-state index in [0.29, 0.717) is 17.9 Å². The van der Waals surface area contributed by atoms with E-state index in [1.54, 1.807) is 0 Å². The lowest BCUT2D eigenvalue weighted by molar-refractivity contribution is 0.280. The van der Waals surface area contributed by atoms with Crippen molar-refractivity contribution in [1.29, 1.82) is 0 Å². The highest BCUT2D eigenvalue weighted by atomic mass is 15.2. The van der Waals surface area contributed by atoms with Crippen LogP contribution in [0.25, 0.3) is 0 Å². The van der Waals surface area contributed by atoms with Crippen molar-refractivity contribution in [1.82, 2.24) is 15.1 Å². The number of nitrogens with zero attached hydrogens (tertiary/aromatic N) is 2. The highest BCUT2D eigenvalue weighted by molar-refractivity contribution is 5.62. The van der Waals surface area contributed by atoms with E-state index in [4.69, 9.17) is 0 Å². The Morgan fingerprint density at radius 1 is 0.929 bits per heavy atom. The molecule has 1 atom stereocenters. The van der Waals surface area contributed by atoms with Crippen LogP contribution in [0, 0.1) is 0 Å². The molecule has 0 amide bonds. The van der Waals surface area contributed by atoms with Crippen molar-refractivity contribution in [2.45, 2.75) is 59.4 Å². The first-order valence-corrected chi connectivity index (χ1v) is 10.8. The molecule has 28 heavy (non-hydrogen) atoms. The molecule has 2 N–H and O–H groups in total. The van der Waals surface area contributed by atoms with Gasteiger partial charge in [0, 0.05) is 43.6 Å². The monoisotopic (exact) mass is 388 g/mol. The van der Waals surface area contributed by atoms with Crippen LogP contribution in [0.4, 0.5) is 5.69 Å². The van der Waals surface area contributed by atoms with E-state index < -0.39 is 0 Å². The van der Waals surface area contributed by atoms with Crippen molar-refractivity contribution in [2.24, 2.45) is 0 Å². The zero-order valence-corrected chi connectivity index (χ0v) is 19.8. The van der Waals surface area contributed by atoms with Crippen molar-refractivity contribution in [3.63, 3.8) is 0 Å². The van der Waals surface area contributed by atoms with Gasteiger partial charge in [0.1, 0.15) is 0 Å². The summed E-state index contributed by atoms with van der Waals surface area (Å²) in [6.07, 6.45) is 2.29. The summed E-state index contributed by atoms with van der Waals surface area (Å²) in [6, 6.07) is 7.02. The van der Waals surface area contributed by atoms with Crippen molar-refractivity contribution < 1.29 is 0 Å². The van der Waals surface area contributed by atoms with E-state index >= 15 is 0 Å². The summed E-state index contributed by atoms with van der Waals surface area (Å²) in [7, 11) is 6.43. The van der Waals surface area contributed by atoms with Crippen molar-refractivity contribution in [3.05, 3.63) is 41.1 Å². The molecule has 1 aromatic rings. The number of hydrogen-bond acceptors (Lipinski definition) is 4. The summed E-state index contributed by atoms with van der Waals surface area (Å²) >= 11 is 0. The zero-order chi connectivity index (χ0) is 21.3. The molecule has 0 aliphatic carbocycles. The first-order valence-electron chi connectivity index (χ1n) is 10.8. The van der Waals surface area contributed by atoms with E-state index in [2.05, 4.69) is 107 Å². The molecule has 0 saturated heterocycles. The van der Waals surface area contributed by atoms with E-state index in [-0.39, 0.29) is 0 Å². The molecule has 0 heterocycles. The predicted molar refractivity (Wildman–Crippen MR) is 126 cm³/mol. The van der Waals surface area contributed by atoms with Gasteiger partial charge in [-0.3, -0.25) is 0 Å². The van der Waals surface area contributed by atoms with Crippen LogP contribution in [0.1, 0.15) is 64.5 Å². The van der Waals surface area contributed by atoms with Gasteiger partial charge in [0.05, 0.1) is 0 Å². The molecule has 0 saturated carbocycles. The van der Waals surface area contributed by atoms with Gasteiger partial charge in [0.25, 0.3) is 0 Å². The second-order valence-electron chi connectivity index (χ2n) is 8.94. The Hall–Kier alpha value is -1.36. The second-order valence-corrected chi connectivity index (χ2v) is 8.94. The van der Waals surface area contributed by atoms with E-state index in [1.807, 2.05) is 0 Å². The SMILES string of the molecule is C/C(=C/C(C)NCCN(C)CCN(C)C)Nc1c(C(C)C)cccc1C(C)C. The molecular weight excluding hydrogens is 344 g/mol. The van der Waals surface area contributed by atoms with Gasteiger partial charge >= 0.3 is 0 Å². The Morgan fingerprint density at radius 2 is 1.50 bits per heavy atom. The normalized spacial score (nSPS) is 13.8. The number of benzene rings is 1. The van der Waals surface area contributed by atoms with Gasteiger partial charge in [-0.05, 0) is 64.0 Å². The minimum atomic E-state index is 0.337. The van der Waals surface area contributed by atoms with Gasteiger partial charge in [0.15, 0.2) is 0 Å². The van der Waals surface area contributed by atoms with Crippen LogP contribution in [0.3, 0.4) is 0 Å². The van der Waals surface area contributed by atoms with Crippen LogP contribution in [-0.4, -0.2) is 63.2 Å². The number of hydrogen-bond donors (Lipinski definition) is 2. The van der Waals surface area contributed by atoms with Crippen LogP contribution >= 0.6 is 0 Å². The molecule has 0 fully saturated rings. The first kappa shape index (κ1) is 24.7. The standard InChI is InChI=1S/C24H44N4/c1-18(2)22-11-10-12-23(19(3)4)24(22)26-21(6)17-20(5)25-13-14-28(9)16-15-27(7)8/h10-12,17-20,25-26H,13-16H2,1-9H3/b21-17-. The number of rotatable bonds is 12. The van der Waals surface area contributed by atoms with E-state index in [0.717, 1.165) is 26.2 Å². The largest absolute Gasteiger partial charge is 0.359 e. The lowest BCUT2D eigenvalue weighted by Gasteiger charge is -2.22. The van der Waals surface area contributed by atoms with E-state index in [1.165, 1.54) is 22.5 Å². The summed E-state index contributed by atoms with van der Waals surface area (Å²) in [4.78, 5) is 4.60. The molecule has 160 valence electrons. The zero-order valence-electron chi connectivity index (χ0n) is 19.8. The number of anilines is 1. The maximum atomic E-state index is 3.71. The molecule has 0 radical (unpaired) electrons. The average molecular weight is 389 g/mol. The Kier molecular flexibility index (Phi) is 10.8. The van der Waals surface area contributed by atoms with Crippen LogP contribution in [-0.2, 0) is 0 Å². The molecule has 0 bridgehead atoms. The number of allylic oxidation sites excluding steroid dienone is 1. The summed E-state index contributed by atoms with van der Waals surface area (Å²) in [5.41, 5.74) is 5.27. The quantitative estimate of drug-likeness (QED) is 0.542. The molecule has 0 spiro atoms. The number of para-hydroxylation sites is 1. The van der Waals surface area contributed by atoms with Crippen molar-refractivity contribution in [3.8, 4) is 0 Å². The average Bonchev–Trinajstić information content (AvgIpc) is 2.59. The fourth-order valence-corrected chi connectivity index (χ4v) is 3.33. The van der Waals surface area contributed by atoms with E-state index in [9.17, 15) is 0 Å². The minimum Gasteiger partial charge on any atom is -0.359 e. The molecular formula is C24H44N4. The van der Waals surface area contributed by atoms with Crippen LogP contribution in [0.2, 0.25) is 0 Å². The summed E-state index contributed by atoms with van der Waals surface area (Å²) < 4.78 is 0. The van der Waals surface area contributed by atoms with Gasteiger partial charge in [-0.2, -0.15) is 0 Å². The van der Waals surface area contributed by atoms with Crippen molar-refractivity contribution >= 4 is 5.69 Å². The molecule has 4 heteroatoms. The predicted octanol–water partition coefficient (Wildman–Crippen LogP) is 4.72. The third-order valence-corrected chi connectivity index (χ3v) is 5.08. The highest BCUT2D eigenvalue weighted by Gasteiger charge is 2.14. The van der Waals surface area contributed by atoms with Gasteiger partial charge in [-0.1, -0.05) is 45.9 Å². The maximum absolute atomic E-state index is 3.71. The minimum absolute atomic E-state index is 0.337. The summed E-state index contributed by atoms with van der Waals surface area (Å²) in [6.45, 7) is 17.7. The fraction of sp³-hybridized carbons (Fsp3) is 0.667. The Labute approximate surface area is 174 Å². The van der Waals surface area contributed by atoms with Gasteiger partial charge in [-0.15, -0.1) is 0 Å². The molecule has 1 aromatic carbocycles. The number of nitrogens with one attached hydrogen (secondary N) is 2. The summed E-state index contributed by atoms with van der Waals surface area (Å²) in [5, 5.41) is 7.33. The van der Waals surface area contributed by atoms with Crippen LogP contribution in [0.5, 0.6) is 0 Å². The number of likely N-dealkylation sites (N-methyl/N-ethyl adjacent to an activating group) is 2. The van der Waals surface area contributed by atoms with Crippen LogP contribution in [0.15, 0.2) is 30.0 Å². The van der Waals surface area contributed by atoms with Gasteiger partial charge in [0.2, 0.25) is 0 Å². The van der Waals surface area contributed by atoms with Gasteiger partial charge < -0.3 is 20.4 Å². The molecule has 1 unspecified atom stereocenters. The van der Waals surface area contributed by atoms with Crippen molar-refractivity contribution in [2.75, 3.05) is 52.6 Å². The molecule has 4 nitrogen and oxygen atoms in total. The topological polar surface area (TPSA) is 30.5 Å². The molecule has 0 aliphatic heterocycles. The van der Waals surface area contributed by atoms with Gasteiger partial charge in [-0.25, -0.2) is 0 Å². The maximum Gasteiger partial charge on any atom is 0.0452 e. The fourth-order valence-electron chi connectivity index (χ4n) is 3.33. The molecule has 0 aromatic heterocycles. The smallest absolute Gasteiger partial charge is 0.0452 e. The summed E-state index contributed by atoms with van der Waals surface area (Å²) in [5.74, 6) is 1.00. The highest BCUT2D eigenvalue weighted by Crippen LogP contribution is 2.33. The lowest BCUT2D eigenvalue weighted by Crippen LogP contribution is -2.36. The first-order chi connectivity index (χ1) is 13.1. The third-order valence-electron chi connectivity index (χ3n) is 5.08. The molecule has 0 aliphatic rings. The lowest BCUT2D eigenvalue weighted by atomic mass is 9.92. The Balaban J connectivity index is 2.67. The second kappa shape index (κ2) is 12.3.